The highest BCUT2D eigenvalue weighted by atomic mass is 16.5. The number of likely N-dealkylation sites (N-methyl/N-ethyl adjacent to an activating group) is 1. The van der Waals surface area contributed by atoms with Gasteiger partial charge in [-0.3, -0.25) is 9.69 Å². The van der Waals surface area contributed by atoms with Gasteiger partial charge in [-0.15, -0.1) is 0 Å². The van der Waals surface area contributed by atoms with Crippen molar-refractivity contribution in [1.29, 1.82) is 0 Å². The van der Waals surface area contributed by atoms with Crippen LogP contribution in [0, 0.1) is 0 Å². The van der Waals surface area contributed by atoms with Gasteiger partial charge in [0.05, 0.1) is 19.8 Å². The minimum Gasteiger partial charge on any atom is -0.383 e. The van der Waals surface area contributed by atoms with Gasteiger partial charge in [0.2, 0.25) is 5.91 Å². The van der Waals surface area contributed by atoms with Crippen LogP contribution in [0.15, 0.2) is 0 Å². The first-order valence-corrected chi connectivity index (χ1v) is 5.21. The minimum absolute atomic E-state index is 0.0460. The average Bonchev–Trinajstić information content (AvgIpc) is 2.22. The van der Waals surface area contributed by atoms with Gasteiger partial charge in [-0.2, -0.15) is 0 Å². The van der Waals surface area contributed by atoms with Gasteiger partial charge in [0.25, 0.3) is 0 Å². The van der Waals surface area contributed by atoms with E-state index in [-0.39, 0.29) is 5.91 Å². The first-order chi connectivity index (χ1) is 7.24. The maximum Gasteiger partial charge on any atom is 0.234 e. The smallest absolute Gasteiger partial charge is 0.234 e. The SMILES string of the molecule is CCNC(=O)CN(CCOC)CCOC. The van der Waals surface area contributed by atoms with Gasteiger partial charge < -0.3 is 14.8 Å². The highest BCUT2D eigenvalue weighted by Gasteiger charge is 2.09. The highest BCUT2D eigenvalue weighted by Crippen LogP contribution is 1.89. The summed E-state index contributed by atoms with van der Waals surface area (Å²) < 4.78 is 9.96. The first-order valence-electron chi connectivity index (χ1n) is 5.21. The molecule has 1 amide bonds. The van der Waals surface area contributed by atoms with Crippen molar-refractivity contribution in [2.75, 3.05) is 53.6 Å². The Balaban J connectivity index is 3.82. The summed E-state index contributed by atoms with van der Waals surface area (Å²) in [4.78, 5) is 13.4. The zero-order valence-corrected chi connectivity index (χ0v) is 9.91. The molecular formula is C10H22N2O3. The van der Waals surface area contributed by atoms with E-state index >= 15 is 0 Å². The summed E-state index contributed by atoms with van der Waals surface area (Å²) >= 11 is 0. The van der Waals surface area contributed by atoms with E-state index in [4.69, 9.17) is 9.47 Å². The van der Waals surface area contributed by atoms with Crippen LogP contribution < -0.4 is 5.32 Å². The van der Waals surface area contributed by atoms with E-state index in [0.717, 1.165) is 13.1 Å². The molecule has 5 heteroatoms. The molecule has 0 aromatic carbocycles. The number of nitrogens with one attached hydrogen (secondary N) is 1. The normalized spacial score (nSPS) is 10.7. The van der Waals surface area contributed by atoms with Crippen LogP contribution in [0.2, 0.25) is 0 Å². The molecule has 0 heterocycles. The van der Waals surface area contributed by atoms with Crippen LogP contribution >= 0.6 is 0 Å². The number of amides is 1. The van der Waals surface area contributed by atoms with Gasteiger partial charge in [0, 0.05) is 33.9 Å². The molecule has 0 fully saturated rings. The van der Waals surface area contributed by atoms with Gasteiger partial charge in [-0.05, 0) is 6.92 Å². The standard InChI is InChI=1S/C10H22N2O3/c1-4-11-10(13)9-12(5-7-14-2)6-8-15-3/h4-9H2,1-3H3,(H,11,13). The Hall–Kier alpha value is -0.650. The second-order valence-corrected chi connectivity index (χ2v) is 3.22. The summed E-state index contributed by atoms with van der Waals surface area (Å²) in [6.45, 7) is 5.73. The Morgan fingerprint density at radius 1 is 1.20 bits per heavy atom. The summed E-state index contributed by atoms with van der Waals surface area (Å²) in [5.74, 6) is 0.0460. The second kappa shape index (κ2) is 9.89. The van der Waals surface area contributed by atoms with Gasteiger partial charge in [0.1, 0.15) is 0 Å². The molecule has 0 aliphatic carbocycles. The van der Waals surface area contributed by atoms with Crippen molar-refractivity contribution in [3.8, 4) is 0 Å². The predicted octanol–water partition coefficient (Wildman–Crippen LogP) is -0.283. The number of rotatable bonds is 9. The Morgan fingerprint density at radius 3 is 2.13 bits per heavy atom. The van der Waals surface area contributed by atoms with Gasteiger partial charge in [-0.25, -0.2) is 0 Å². The first kappa shape index (κ1) is 14.3. The van der Waals surface area contributed by atoms with Crippen LogP contribution in [0.25, 0.3) is 0 Å². The number of nitrogens with zero attached hydrogens (tertiary/aromatic N) is 1. The van der Waals surface area contributed by atoms with Crippen LogP contribution in [-0.2, 0) is 14.3 Å². The van der Waals surface area contributed by atoms with E-state index in [9.17, 15) is 4.79 Å². The molecule has 0 radical (unpaired) electrons. The third-order valence-corrected chi connectivity index (χ3v) is 1.96. The zero-order valence-electron chi connectivity index (χ0n) is 9.91. The molecule has 0 aliphatic heterocycles. The lowest BCUT2D eigenvalue weighted by Gasteiger charge is -2.20. The quantitative estimate of drug-likeness (QED) is 0.578. The van der Waals surface area contributed by atoms with E-state index in [2.05, 4.69) is 5.32 Å². The van der Waals surface area contributed by atoms with Crippen LogP contribution in [0.5, 0.6) is 0 Å². The fourth-order valence-corrected chi connectivity index (χ4v) is 1.17. The lowest BCUT2D eigenvalue weighted by atomic mass is 10.4. The number of carbonyl (C=O) groups is 1. The molecule has 15 heavy (non-hydrogen) atoms. The van der Waals surface area contributed by atoms with E-state index in [1.54, 1.807) is 14.2 Å². The number of hydrogen-bond donors (Lipinski definition) is 1. The van der Waals surface area contributed by atoms with Crippen LogP contribution in [0.4, 0.5) is 0 Å². The lowest BCUT2D eigenvalue weighted by Crippen LogP contribution is -2.40. The number of methoxy groups -OCH3 is 2. The Bertz CT molecular complexity index is 157. The van der Waals surface area contributed by atoms with Crippen LogP contribution in [0.1, 0.15) is 6.92 Å². The molecule has 5 nitrogen and oxygen atoms in total. The van der Waals surface area contributed by atoms with Crippen LogP contribution in [-0.4, -0.2) is 64.4 Å². The van der Waals surface area contributed by atoms with Crippen molar-refractivity contribution < 1.29 is 14.3 Å². The molecule has 0 aromatic rings. The van der Waals surface area contributed by atoms with Crippen molar-refractivity contribution in [2.45, 2.75) is 6.92 Å². The molecule has 0 aliphatic rings. The molecule has 90 valence electrons. The molecule has 0 saturated heterocycles. The number of carbonyl (C=O) groups excluding carboxylic acids is 1. The van der Waals surface area contributed by atoms with E-state index in [1.807, 2.05) is 11.8 Å². The topological polar surface area (TPSA) is 50.8 Å². The number of hydrogen-bond acceptors (Lipinski definition) is 4. The van der Waals surface area contributed by atoms with Crippen molar-refractivity contribution in [3.05, 3.63) is 0 Å². The summed E-state index contributed by atoms with van der Waals surface area (Å²) in [6, 6.07) is 0. The third-order valence-electron chi connectivity index (χ3n) is 1.96. The Labute approximate surface area is 91.7 Å². The summed E-state index contributed by atoms with van der Waals surface area (Å²) in [6.07, 6.45) is 0. The van der Waals surface area contributed by atoms with Gasteiger partial charge >= 0.3 is 0 Å². The van der Waals surface area contributed by atoms with Crippen molar-refractivity contribution in [2.24, 2.45) is 0 Å². The summed E-state index contributed by atoms with van der Waals surface area (Å²) in [7, 11) is 3.31. The van der Waals surface area contributed by atoms with E-state index in [0.29, 0.717) is 26.3 Å². The van der Waals surface area contributed by atoms with Crippen molar-refractivity contribution >= 4 is 5.91 Å². The maximum atomic E-state index is 11.3. The summed E-state index contributed by atoms with van der Waals surface area (Å²) in [5, 5.41) is 2.77. The molecule has 0 spiro atoms. The molecule has 0 aromatic heterocycles. The molecule has 1 N–H and O–H groups in total. The fraction of sp³-hybridized carbons (Fsp3) is 0.900. The average molecular weight is 218 g/mol. The second-order valence-electron chi connectivity index (χ2n) is 3.22. The fourth-order valence-electron chi connectivity index (χ4n) is 1.17. The maximum absolute atomic E-state index is 11.3. The molecule has 0 saturated carbocycles. The molecular weight excluding hydrogens is 196 g/mol. The Kier molecular flexibility index (Phi) is 9.46. The van der Waals surface area contributed by atoms with Crippen LogP contribution in [0.3, 0.4) is 0 Å². The van der Waals surface area contributed by atoms with E-state index < -0.39 is 0 Å². The Morgan fingerprint density at radius 2 is 1.73 bits per heavy atom. The lowest BCUT2D eigenvalue weighted by molar-refractivity contribution is -0.122. The zero-order chi connectivity index (χ0) is 11.5. The number of ether oxygens (including phenoxy) is 2. The monoisotopic (exact) mass is 218 g/mol. The molecule has 0 unspecified atom stereocenters. The largest absolute Gasteiger partial charge is 0.383 e. The van der Waals surface area contributed by atoms with Gasteiger partial charge in [-0.1, -0.05) is 0 Å². The van der Waals surface area contributed by atoms with Crippen molar-refractivity contribution in [1.82, 2.24) is 10.2 Å². The minimum atomic E-state index is 0.0460. The third kappa shape index (κ3) is 8.35. The van der Waals surface area contributed by atoms with E-state index in [1.165, 1.54) is 0 Å². The predicted molar refractivity (Wildman–Crippen MR) is 58.9 cm³/mol. The highest BCUT2D eigenvalue weighted by molar-refractivity contribution is 5.77. The van der Waals surface area contributed by atoms with Crippen molar-refractivity contribution in [3.63, 3.8) is 0 Å². The molecule has 0 atom stereocenters. The van der Waals surface area contributed by atoms with Gasteiger partial charge in [0.15, 0.2) is 0 Å². The molecule has 0 bridgehead atoms. The molecule has 0 rings (SSSR count). The summed E-state index contributed by atoms with van der Waals surface area (Å²) in [5.41, 5.74) is 0.